The van der Waals surface area contributed by atoms with Gasteiger partial charge in [-0.3, -0.25) is 4.98 Å². The van der Waals surface area contributed by atoms with Crippen LogP contribution in [0.3, 0.4) is 0 Å². The van der Waals surface area contributed by atoms with Gasteiger partial charge in [0.2, 0.25) is 0 Å². The number of nitrogen functional groups attached to an aromatic ring is 1. The number of aromatic nitrogens is 6. The Morgan fingerprint density at radius 3 is 2.60 bits per heavy atom. The molecule has 7 heteroatoms. The van der Waals surface area contributed by atoms with Crippen molar-refractivity contribution in [3.05, 3.63) is 79.3 Å². The van der Waals surface area contributed by atoms with E-state index in [-0.39, 0.29) is 0 Å². The zero-order valence-electron chi connectivity index (χ0n) is 15.8. The lowest BCUT2D eigenvalue weighted by atomic mass is 10.1. The first-order valence-corrected chi connectivity index (χ1v) is 9.48. The van der Waals surface area contributed by atoms with Crippen molar-refractivity contribution < 1.29 is 0 Å². The molecule has 5 aromatic rings. The van der Waals surface area contributed by atoms with Crippen LogP contribution >= 0.6 is 0 Å². The average molecular weight is 389 g/mol. The highest BCUT2D eigenvalue weighted by Gasteiger charge is 2.19. The zero-order chi connectivity index (χ0) is 20.1. The number of nitrogens with two attached hydrogens (primary N) is 1. The zero-order valence-corrected chi connectivity index (χ0v) is 15.8. The molecule has 1 aliphatic carbocycles. The second-order valence-corrected chi connectivity index (χ2v) is 6.99. The summed E-state index contributed by atoms with van der Waals surface area (Å²) in [5.74, 6) is 0.403. The second kappa shape index (κ2) is 6.31. The van der Waals surface area contributed by atoms with Crippen LogP contribution in [0, 0.1) is 0 Å². The Morgan fingerprint density at radius 2 is 1.80 bits per heavy atom. The summed E-state index contributed by atoms with van der Waals surface area (Å²) in [6.45, 7) is 0. The maximum atomic E-state index is 6.21. The van der Waals surface area contributed by atoms with Crippen LogP contribution in [0.2, 0.25) is 0 Å². The molecule has 4 aromatic heterocycles. The van der Waals surface area contributed by atoms with Crippen molar-refractivity contribution >= 4 is 33.5 Å². The van der Waals surface area contributed by atoms with Crippen molar-refractivity contribution in [2.24, 2.45) is 0 Å². The largest absolute Gasteiger partial charge is 0.383 e. The maximum absolute atomic E-state index is 6.21. The van der Waals surface area contributed by atoms with Gasteiger partial charge in [-0.1, -0.05) is 30.3 Å². The van der Waals surface area contributed by atoms with Gasteiger partial charge in [-0.25, -0.2) is 19.6 Å². The van der Waals surface area contributed by atoms with Crippen molar-refractivity contribution in [3.8, 4) is 22.6 Å². The molecule has 6 rings (SSSR count). The van der Waals surface area contributed by atoms with Crippen LogP contribution in [-0.4, -0.2) is 29.7 Å². The smallest absolute Gasteiger partial charge is 0.169 e. The van der Waals surface area contributed by atoms with Crippen LogP contribution in [-0.2, 0) is 0 Å². The third-order valence-corrected chi connectivity index (χ3v) is 5.17. The van der Waals surface area contributed by atoms with E-state index in [1.165, 1.54) is 6.33 Å². The van der Waals surface area contributed by atoms with E-state index in [9.17, 15) is 0 Å². The highest BCUT2D eigenvalue weighted by Crippen LogP contribution is 2.34. The van der Waals surface area contributed by atoms with E-state index in [2.05, 4.69) is 15.0 Å². The quantitative estimate of drug-likeness (QED) is 0.499. The number of benzene rings is 1. The number of pyridine rings is 2. The van der Waals surface area contributed by atoms with E-state index < -0.39 is 0 Å². The number of hydrogen-bond donors (Lipinski definition) is 1. The Hall–Kier alpha value is -4.39. The van der Waals surface area contributed by atoms with Crippen LogP contribution in [0.4, 0.5) is 5.82 Å². The van der Waals surface area contributed by atoms with Crippen molar-refractivity contribution in [1.82, 2.24) is 29.7 Å². The van der Waals surface area contributed by atoms with Gasteiger partial charge in [0.25, 0.3) is 0 Å². The van der Waals surface area contributed by atoms with E-state index in [0.29, 0.717) is 11.5 Å². The molecule has 0 spiro atoms. The first kappa shape index (κ1) is 16.6. The van der Waals surface area contributed by atoms with Crippen molar-refractivity contribution in [2.75, 3.05) is 5.73 Å². The highest BCUT2D eigenvalue weighted by molar-refractivity contribution is 6.01. The number of fused-ring (bicyclic) bond motifs is 2. The molecule has 1 aliphatic rings. The summed E-state index contributed by atoms with van der Waals surface area (Å²) >= 11 is 0. The van der Waals surface area contributed by atoms with Gasteiger partial charge in [0.15, 0.2) is 5.65 Å². The van der Waals surface area contributed by atoms with E-state index in [1.807, 2.05) is 66.8 Å². The Labute approximate surface area is 171 Å². The van der Waals surface area contributed by atoms with Crippen LogP contribution in [0.1, 0.15) is 0 Å². The Bertz CT molecular complexity index is 1500. The predicted molar refractivity (Wildman–Crippen MR) is 117 cm³/mol. The number of nitrogens with zero attached hydrogens (tertiary/aromatic N) is 6. The molecule has 0 amide bonds. The minimum absolute atomic E-state index is 0.403. The summed E-state index contributed by atoms with van der Waals surface area (Å²) in [6.07, 6.45) is 9.16. The van der Waals surface area contributed by atoms with Gasteiger partial charge in [-0.15, -0.1) is 0 Å². The fourth-order valence-corrected chi connectivity index (χ4v) is 3.60. The summed E-state index contributed by atoms with van der Waals surface area (Å²) in [6, 6.07) is 15.9. The van der Waals surface area contributed by atoms with E-state index >= 15 is 0 Å². The number of hydrogen-bond acceptors (Lipinski definition) is 6. The normalized spacial score (nSPS) is 12.9. The lowest BCUT2D eigenvalue weighted by molar-refractivity contribution is 0.923. The van der Waals surface area contributed by atoms with Gasteiger partial charge in [0, 0.05) is 17.1 Å². The number of allylic oxidation sites excluding steroid dienone is 4. The lowest BCUT2D eigenvalue weighted by Gasteiger charge is -2.07. The Balaban J connectivity index is 1.55. The van der Waals surface area contributed by atoms with E-state index in [0.717, 1.165) is 44.6 Å². The van der Waals surface area contributed by atoms with Gasteiger partial charge >= 0.3 is 0 Å². The fourth-order valence-electron chi connectivity index (χ4n) is 3.60. The Morgan fingerprint density at radius 1 is 0.900 bits per heavy atom. The molecule has 1 aromatic carbocycles. The molecule has 0 radical (unpaired) electrons. The van der Waals surface area contributed by atoms with Crippen LogP contribution < -0.4 is 5.73 Å². The fraction of sp³-hybridized carbons (Fsp3) is 0. The average Bonchev–Trinajstić information content (AvgIpc) is 3.13. The van der Waals surface area contributed by atoms with Gasteiger partial charge in [0.1, 0.15) is 17.8 Å². The van der Waals surface area contributed by atoms with Crippen LogP contribution in [0.25, 0.3) is 50.3 Å². The van der Waals surface area contributed by atoms with Crippen LogP contribution in [0.15, 0.2) is 79.3 Å². The van der Waals surface area contributed by atoms with Crippen LogP contribution in [0.5, 0.6) is 0 Å². The first-order valence-electron chi connectivity index (χ1n) is 9.48. The van der Waals surface area contributed by atoms with Gasteiger partial charge in [-0.05, 0) is 36.4 Å². The summed E-state index contributed by atoms with van der Waals surface area (Å²) in [7, 11) is 0. The summed E-state index contributed by atoms with van der Waals surface area (Å²) in [5, 5.41) is 6.58. The molecule has 0 atom stereocenters. The molecular formula is C23H15N7. The maximum Gasteiger partial charge on any atom is 0.169 e. The number of rotatable bonds is 3. The summed E-state index contributed by atoms with van der Waals surface area (Å²) in [4.78, 5) is 17.8. The standard InChI is InChI=1S/C23H15N7/c24-22-20-21(29-30(16-4-3-5-16)23(20)27-13-26-22)15-8-7-14-9-10-18(28-19(14)12-15)17-6-1-2-11-25-17/h1-13H,(H2,24,26,27). The van der Waals surface area contributed by atoms with Gasteiger partial charge in [0.05, 0.1) is 28.0 Å². The van der Waals surface area contributed by atoms with Gasteiger partial charge < -0.3 is 5.73 Å². The topological polar surface area (TPSA) is 95.4 Å². The molecule has 0 aliphatic heterocycles. The molecule has 142 valence electrons. The highest BCUT2D eigenvalue weighted by atomic mass is 15.3. The third-order valence-electron chi connectivity index (χ3n) is 5.17. The minimum atomic E-state index is 0.403. The van der Waals surface area contributed by atoms with Gasteiger partial charge in [-0.2, -0.15) is 5.10 Å². The molecule has 0 unspecified atom stereocenters. The predicted octanol–water partition coefficient (Wildman–Crippen LogP) is 4.10. The van der Waals surface area contributed by atoms with Crippen molar-refractivity contribution in [2.45, 2.75) is 0 Å². The van der Waals surface area contributed by atoms with Crippen molar-refractivity contribution in [3.63, 3.8) is 0 Å². The Kier molecular flexibility index (Phi) is 3.48. The lowest BCUT2D eigenvalue weighted by Crippen LogP contribution is -2.02. The molecular weight excluding hydrogens is 374 g/mol. The molecule has 7 nitrogen and oxygen atoms in total. The number of anilines is 1. The van der Waals surface area contributed by atoms with Crippen molar-refractivity contribution in [1.29, 1.82) is 0 Å². The minimum Gasteiger partial charge on any atom is -0.383 e. The third kappa shape index (κ3) is 2.49. The molecule has 30 heavy (non-hydrogen) atoms. The first-order chi connectivity index (χ1) is 14.8. The second-order valence-electron chi connectivity index (χ2n) is 6.99. The molecule has 0 saturated heterocycles. The molecule has 0 saturated carbocycles. The molecule has 0 fully saturated rings. The molecule has 2 N–H and O–H groups in total. The van der Waals surface area contributed by atoms with E-state index in [4.69, 9.17) is 15.8 Å². The summed E-state index contributed by atoms with van der Waals surface area (Å²) < 4.78 is 1.80. The monoisotopic (exact) mass is 389 g/mol. The molecule has 4 heterocycles. The summed E-state index contributed by atoms with van der Waals surface area (Å²) in [5.41, 5.74) is 12.0. The molecule has 0 bridgehead atoms. The van der Waals surface area contributed by atoms with E-state index in [1.54, 1.807) is 10.9 Å². The SMILES string of the molecule is Nc1ncnc2c1c(-c1ccc3ccc(-c4ccccn4)nc3c1)nn2C1=CC=C1.